The van der Waals surface area contributed by atoms with Gasteiger partial charge in [-0.2, -0.15) is 0 Å². The van der Waals surface area contributed by atoms with Crippen LogP contribution in [0, 0.1) is 16.7 Å². The van der Waals surface area contributed by atoms with Crippen molar-refractivity contribution >= 4 is 11.8 Å². The molecular weight excluding hydrogens is 290 g/mol. The summed E-state index contributed by atoms with van der Waals surface area (Å²) in [6, 6.07) is 4.18. The molecule has 3 heterocycles. The van der Waals surface area contributed by atoms with E-state index in [1.165, 1.54) is 0 Å². The quantitative estimate of drug-likeness (QED) is 0.860. The zero-order valence-electron chi connectivity index (χ0n) is 14.3. The topological polar surface area (TPSA) is 62.3 Å². The first-order valence-electron chi connectivity index (χ1n) is 8.27. The number of likely N-dealkylation sites (tertiary alicyclic amines) is 1. The van der Waals surface area contributed by atoms with Crippen LogP contribution in [0.25, 0.3) is 0 Å². The van der Waals surface area contributed by atoms with E-state index in [1.54, 1.807) is 0 Å². The van der Waals surface area contributed by atoms with Crippen LogP contribution in [-0.4, -0.2) is 34.8 Å². The lowest BCUT2D eigenvalue weighted by molar-refractivity contribution is -0.128. The number of imide groups is 1. The summed E-state index contributed by atoms with van der Waals surface area (Å²) in [6.45, 7) is 10.1. The Kier molecular flexibility index (Phi) is 3.79. The van der Waals surface area contributed by atoms with E-state index in [0.717, 1.165) is 24.2 Å². The van der Waals surface area contributed by atoms with Gasteiger partial charge in [0, 0.05) is 31.5 Å². The second kappa shape index (κ2) is 5.41. The molecule has 0 bridgehead atoms. The number of carbonyl (C=O) groups is 2. The van der Waals surface area contributed by atoms with Gasteiger partial charge in [0.15, 0.2) is 0 Å². The van der Waals surface area contributed by atoms with Gasteiger partial charge in [-0.25, -0.2) is 0 Å². The SMILES string of the molecule is CC(C)Cc1ccc(CN2CC3(C)C(=O)NC(=O)C3(C)C2)cn1. The molecule has 1 aromatic heterocycles. The van der Waals surface area contributed by atoms with Crippen molar-refractivity contribution in [3.05, 3.63) is 29.6 Å². The zero-order valence-corrected chi connectivity index (χ0v) is 14.3. The molecule has 0 aliphatic carbocycles. The maximum absolute atomic E-state index is 12.2. The molecule has 2 aliphatic rings. The largest absolute Gasteiger partial charge is 0.297 e. The molecule has 3 rings (SSSR count). The van der Waals surface area contributed by atoms with E-state index < -0.39 is 10.8 Å². The third-order valence-corrected chi connectivity index (χ3v) is 5.44. The Morgan fingerprint density at radius 2 is 1.78 bits per heavy atom. The molecule has 2 amide bonds. The maximum atomic E-state index is 12.2. The van der Waals surface area contributed by atoms with Gasteiger partial charge in [0.1, 0.15) is 0 Å². The minimum absolute atomic E-state index is 0.141. The number of pyridine rings is 1. The van der Waals surface area contributed by atoms with E-state index in [-0.39, 0.29) is 11.8 Å². The average molecular weight is 315 g/mol. The van der Waals surface area contributed by atoms with Crippen molar-refractivity contribution in [3.63, 3.8) is 0 Å². The minimum Gasteiger partial charge on any atom is -0.297 e. The molecule has 0 radical (unpaired) electrons. The average Bonchev–Trinajstić information content (AvgIpc) is 2.81. The molecule has 0 saturated carbocycles. The highest BCUT2D eigenvalue weighted by Crippen LogP contribution is 2.50. The van der Waals surface area contributed by atoms with Crippen molar-refractivity contribution < 1.29 is 9.59 Å². The molecule has 0 spiro atoms. The summed E-state index contributed by atoms with van der Waals surface area (Å²) in [5.74, 6) is 0.312. The summed E-state index contributed by atoms with van der Waals surface area (Å²) in [5, 5.41) is 2.49. The molecular formula is C18H25N3O2. The summed E-state index contributed by atoms with van der Waals surface area (Å²) in [5.41, 5.74) is 0.970. The fraction of sp³-hybridized carbons (Fsp3) is 0.611. The van der Waals surface area contributed by atoms with Crippen LogP contribution in [0.1, 0.15) is 39.0 Å². The predicted octanol–water partition coefficient (Wildman–Crippen LogP) is 1.76. The molecule has 1 N–H and O–H groups in total. The second-order valence-electron chi connectivity index (χ2n) is 7.85. The fourth-order valence-corrected chi connectivity index (χ4v) is 3.78. The van der Waals surface area contributed by atoms with Gasteiger partial charge in [-0.1, -0.05) is 19.9 Å². The lowest BCUT2D eigenvalue weighted by atomic mass is 9.70. The van der Waals surface area contributed by atoms with E-state index in [4.69, 9.17) is 0 Å². The normalized spacial score (nSPS) is 30.8. The number of rotatable bonds is 4. The number of nitrogens with zero attached hydrogens (tertiary/aromatic N) is 2. The van der Waals surface area contributed by atoms with Crippen molar-refractivity contribution in [2.45, 2.75) is 40.7 Å². The summed E-state index contributed by atoms with van der Waals surface area (Å²) < 4.78 is 0. The van der Waals surface area contributed by atoms with Gasteiger partial charge in [-0.3, -0.25) is 24.8 Å². The van der Waals surface area contributed by atoms with Crippen LogP contribution in [-0.2, 0) is 22.6 Å². The number of amides is 2. The lowest BCUT2D eigenvalue weighted by Gasteiger charge is -2.26. The Labute approximate surface area is 137 Å². The number of fused-ring (bicyclic) bond motifs is 1. The van der Waals surface area contributed by atoms with Crippen molar-refractivity contribution in [3.8, 4) is 0 Å². The Balaban J connectivity index is 1.71. The molecule has 23 heavy (non-hydrogen) atoms. The van der Waals surface area contributed by atoms with Gasteiger partial charge in [-0.05, 0) is 37.8 Å². The van der Waals surface area contributed by atoms with Gasteiger partial charge in [0.2, 0.25) is 11.8 Å². The zero-order chi connectivity index (χ0) is 16.8. The summed E-state index contributed by atoms with van der Waals surface area (Å²) in [4.78, 5) is 31.0. The highest BCUT2D eigenvalue weighted by atomic mass is 16.2. The number of carbonyl (C=O) groups excluding carboxylic acids is 2. The first kappa shape index (κ1) is 16.1. The molecule has 2 fully saturated rings. The van der Waals surface area contributed by atoms with Crippen LogP contribution in [0.4, 0.5) is 0 Å². The smallest absolute Gasteiger partial charge is 0.234 e. The monoisotopic (exact) mass is 315 g/mol. The molecule has 5 heteroatoms. The van der Waals surface area contributed by atoms with Crippen LogP contribution in [0.3, 0.4) is 0 Å². The third-order valence-electron chi connectivity index (χ3n) is 5.44. The first-order chi connectivity index (χ1) is 10.7. The summed E-state index contributed by atoms with van der Waals surface area (Å²) in [7, 11) is 0. The van der Waals surface area contributed by atoms with E-state index in [1.807, 2.05) is 20.0 Å². The van der Waals surface area contributed by atoms with Crippen LogP contribution in [0.15, 0.2) is 18.3 Å². The highest BCUT2D eigenvalue weighted by Gasteiger charge is 2.65. The van der Waals surface area contributed by atoms with Crippen LogP contribution >= 0.6 is 0 Å². The number of hydrogen-bond acceptors (Lipinski definition) is 4. The van der Waals surface area contributed by atoms with E-state index in [0.29, 0.717) is 19.0 Å². The molecule has 2 aliphatic heterocycles. The van der Waals surface area contributed by atoms with E-state index in [9.17, 15) is 9.59 Å². The van der Waals surface area contributed by atoms with Crippen molar-refractivity contribution in [1.82, 2.24) is 15.2 Å². The Bertz CT molecular complexity index is 612. The molecule has 124 valence electrons. The van der Waals surface area contributed by atoms with Crippen molar-refractivity contribution in [2.24, 2.45) is 16.7 Å². The molecule has 5 nitrogen and oxygen atoms in total. The fourth-order valence-electron chi connectivity index (χ4n) is 3.78. The van der Waals surface area contributed by atoms with Crippen molar-refractivity contribution in [1.29, 1.82) is 0 Å². The molecule has 1 aromatic rings. The Hall–Kier alpha value is -1.75. The number of hydrogen-bond donors (Lipinski definition) is 1. The van der Waals surface area contributed by atoms with Gasteiger partial charge < -0.3 is 0 Å². The summed E-state index contributed by atoms with van der Waals surface area (Å²) >= 11 is 0. The Morgan fingerprint density at radius 3 is 2.26 bits per heavy atom. The number of aromatic nitrogens is 1. The Morgan fingerprint density at radius 1 is 1.17 bits per heavy atom. The van der Waals surface area contributed by atoms with Gasteiger partial charge in [0.25, 0.3) is 0 Å². The molecule has 0 aromatic carbocycles. The number of nitrogens with one attached hydrogen (secondary N) is 1. The maximum Gasteiger partial charge on any atom is 0.234 e. The second-order valence-corrected chi connectivity index (χ2v) is 7.85. The predicted molar refractivity (Wildman–Crippen MR) is 87.4 cm³/mol. The highest BCUT2D eigenvalue weighted by molar-refractivity contribution is 6.10. The van der Waals surface area contributed by atoms with E-state index in [2.05, 4.69) is 41.2 Å². The van der Waals surface area contributed by atoms with Gasteiger partial charge >= 0.3 is 0 Å². The van der Waals surface area contributed by atoms with Gasteiger partial charge in [-0.15, -0.1) is 0 Å². The third kappa shape index (κ3) is 2.57. The van der Waals surface area contributed by atoms with Crippen LogP contribution in [0.2, 0.25) is 0 Å². The molecule has 2 saturated heterocycles. The standard InChI is InChI=1S/C18H25N3O2/c1-12(2)7-14-6-5-13(8-19-14)9-21-10-17(3)15(22)20-16(23)18(17,4)11-21/h5-6,8,12H,7,9-11H2,1-4H3,(H,20,22,23). The van der Waals surface area contributed by atoms with Crippen LogP contribution in [0.5, 0.6) is 0 Å². The van der Waals surface area contributed by atoms with Crippen molar-refractivity contribution in [2.75, 3.05) is 13.1 Å². The van der Waals surface area contributed by atoms with Crippen LogP contribution < -0.4 is 5.32 Å². The first-order valence-corrected chi connectivity index (χ1v) is 8.27. The summed E-state index contributed by atoms with van der Waals surface area (Å²) in [6.07, 6.45) is 2.90. The van der Waals surface area contributed by atoms with Gasteiger partial charge in [0.05, 0.1) is 10.8 Å². The lowest BCUT2D eigenvalue weighted by Crippen LogP contribution is -2.38. The molecule has 2 unspecified atom stereocenters. The molecule has 2 atom stereocenters. The minimum atomic E-state index is -0.630. The van der Waals surface area contributed by atoms with E-state index >= 15 is 0 Å².